The lowest BCUT2D eigenvalue weighted by atomic mass is 9.86. The quantitative estimate of drug-likeness (QED) is 0.647. The number of piperidine rings is 1. The first-order valence-electron chi connectivity index (χ1n) is 9.89. The third-order valence-corrected chi connectivity index (χ3v) is 6.74. The Bertz CT molecular complexity index is 1100. The normalized spacial score (nSPS) is 19.4. The number of hydrogen-bond donors (Lipinski definition) is 2. The molecule has 0 radical (unpaired) electrons. The average Bonchev–Trinajstić information content (AvgIpc) is 3.35. The zero-order valence-electron chi connectivity index (χ0n) is 17.0. The van der Waals surface area contributed by atoms with Crippen molar-refractivity contribution in [3.8, 4) is 0 Å². The highest BCUT2D eigenvalue weighted by Gasteiger charge is 2.38. The second-order valence-electron chi connectivity index (χ2n) is 7.35. The summed E-state index contributed by atoms with van der Waals surface area (Å²) in [4.78, 5) is 34.6. The van der Waals surface area contributed by atoms with Crippen molar-refractivity contribution < 1.29 is 23.8 Å². The lowest BCUT2D eigenvalue weighted by Crippen LogP contribution is -2.42. The fourth-order valence-electron chi connectivity index (χ4n) is 3.99. The Labute approximate surface area is 192 Å². The molecule has 0 spiro atoms. The van der Waals surface area contributed by atoms with Crippen LogP contribution in [0.25, 0.3) is 0 Å². The predicted molar refractivity (Wildman–Crippen MR) is 117 cm³/mol. The molecule has 2 aliphatic rings. The molecule has 8 nitrogen and oxygen atoms in total. The van der Waals surface area contributed by atoms with Gasteiger partial charge in [-0.15, -0.1) is 11.3 Å². The summed E-state index contributed by atoms with van der Waals surface area (Å²) in [5.41, 5.74) is 1.14. The van der Waals surface area contributed by atoms with Gasteiger partial charge in [0.2, 0.25) is 0 Å². The fraction of sp³-hybridized carbons (Fsp3) is 0.333. The number of hydrogen-bond acceptors (Lipinski definition) is 7. The van der Waals surface area contributed by atoms with Crippen LogP contribution < -0.4 is 5.32 Å². The number of nitrogens with one attached hydrogen (secondary N) is 1. The molecule has 2 N–H and O–H groups in total. The van der Waals surface area contributed by atoms with Crippen LogP contribution >= 0.6 is 22.9 Å². The first-order valence-corrected chi connectivity index (χ1v) is 11.1. The van der Waals surface area contributed by atoms with Gasteiger partial charge in [-0.1, -0.05) is 23.7 Å². The molecular formula is C21H20ClFN4O4S. The fourth-order valence-corrected chi connectivity index (χ4v) is 4.80. The highest BCUT2D eigenvalue weighted by molar-refractivity contribution is 7.11. The maximum absolute atomic E-state index is 14.3. The molecule has 0 saturated carbocycles. The number of likely N-dealkylation sites (tertiary alicyclic amines) is 1. The summed E-state index contributed by atoms with van der Waals surface area (Å²) in [7, 11) is 1.27. The highest BCUT2D eigenvalue weighted by Crippen LogP contribution is 2.40. The molecule has 0 bridgehead atoms. The average molecular weight is 479 g/mol. The monoisotopic (exact) mass is 478 g/mol. The number of carbonyl (C=O) groups is 2. The van der Waals surface area contributed by atoms with Gasteiger partial charge in [-0.25, -0.2) is 19.0 Å². The van der Waals surface area contributed by atoms with Gasteiger partial charge < -0.3 is 20.1 Å². The van der Waals surface area contributed by atoms with Crippen LogP contribution in [0.2, 0.25) is 5.02 Å². The molecule has 1 saturated heterocycles. The summed E-state index contributed by atoms with van der Waals surface area (Å²) in [6.45, 7) is 0.656. The summed E-state index contributed by atoms with van der Waals surface area (Å²) in [5.74, 6) is -0.941. The molecule has 2 aliphatic heterocycles. The zero-order valence-corrected chi connectivity index (χ0v) is 18.6. The van der Waals surface area contributed by atoms with Gasteiger partial charge in [0, 0.05) is 41.8 Å². The lowest BCUT2D eigenvalue weighted by molar-refractivity contribution is -0.136. The van der Waals surface area contributed by atoms with Crippen LogP contribution in [0, 0.1) is 11.7 Å². The third-order valence-electron chi connectivity index (χ3n) is 5.56. The molecule has 3 heterocycles. The van der Waals surface area contributed by atoms with Crippen LogP contribution in [0.5, 0.6) is 0 Å². The molecule has 4 rings (SSSR count). The van der Waals surface area contributed by atoms with Crippen LogP contribution in [0.1, 0.15) is 29.5 Å². The molecule has 1 atom stereocenters. The van der Waals surface area contributed by atoms with E-state index in [0.29, 0.717) is 48.0 Å². The zero-order chi connectivity index (χ0) is 22.8. The number of nitrogens with zero attached hydrogens (tertiary/aromatic N) is 3. The van der Waals surface area contributed by atoms with Crippen LogP contribution in [0.3, 0.4) is 0 Å². The minimum absolute atomic E-state index is 0.122. The number of rotatable bonds is 4. The largest absolute Gasteiger partial charge is 0.466 e. The number of halogens is 2. The number of esters is 1. The summed E-state index contributed by atoms with van der Waals surface area (Å²) < 4.78 is 19.3. The Morgan fingerprint density at radius 1 is 1.34 bits per heavy atom. The van der Waals surface area contributed by atoms with E-state index in [0.717, 1.165) is 0 Å². The van der Waals surface area contributed by atoms with E-state index in [2.05, 4.69) is 15.3 Å². The Kier molecular flexibility index (Phi) is 6.43. The lowest BCUT2D eigenvalue weighted by Gasteiger charge is -2.35. The first-order chi connectivity index (χ1) is 15.4. The van der Waals surface area contributed by atoms with E-state index in [1.54, 1.807) is 17.6 Å². The summed E-state index contributed by atoms with van der Waals surface area (Å²) in [6, 6.07) is 3.47. The van der Waals surface area contributed by atoms with Crippen molar-refractivity contribution in [2.24, 2.45) is 10.9 Å². The van der Waals surface area contributed by atoms with E-state index in [1.165, 1.54) is 35.5 Å². The Morgan fingerprint density at radius 3 is 2.72 bits per heavy atom. The van der Waals surface area contributed by atoms with E-state index in [1.807, 2.05) is 0 Å². The van der Waals surface area contributed by atoms with E-state index in [-0.39, 0.29) is 16.5 Å². The molecule has 2 aromatic rings. The molecule has 11 heteroatoms. The second kappa shape index (κ2) is 9.25. The molecule has 32 heavy (non-hydrogen) atoms. The van der Waals surface area contributed by atoms with Crippen molar-refractivity contribution in [1.29, 1.82) is 0 Å². The number of aliphatic imine (C=N–C) groups is 1. The number of amides is 1. The maximum Gasteiger partial charge on any atom is 0.407 e. The number of carboxylic acid groups (broad SMARTS) is 1. The molecule has 1 aromatic carbocycles. The smallest absolute Gasteiger partial charge is 0.407 e. The Balaban J connectivity index is 1.83. The van der Waals surface area contributed by atoms with Crippen molar-refractivity contribution in [2.75, 3.05) is 20.2 Å². The van der Waals surface area contributed by atoms with Crippen LogP contribution in [-0.4, -0.2) is 53.1 Å². The molecule has 168 valence electrons. The number of thiazole rings is 1. The number of benzene rings is 1. The topological polar surface area (TPSA) is 104 Å². The van der Waals surface area contributed by atoms with Crippen LogP contribution in [0.15, 0.2) is 46.0 Å². The van der Waals surface area contributed by atoms with Gasteiger partial charge >= 0.3 is 12.1 Å². The van der Waals surface area contributed by atoms with E-state index in [4.69, 9.17) is 16.3 Å². The Morgan fingerprint density at radius 2 is 2.09 bits per heavy atom. The van der Waals surface area contributed by atoms with Crippen molar-refractivity contribution >= 4 is 40.8 Å². The van der Waals surface area contributed by atoms with Crippen LogP contribution in [-0.2, 0) is 9.53 Å². The van der Waals surface area contributed by atoms with Gasteiger partial charge in [0.25, 0.3) is 0 Å². The van der Waals surface area contributed by atoms with Gasteiger partial charge in [-0.2, -0.15) is 0 Å². The number of carbonyl (C=O) groups excluding carboxylic acids is 1. The SMILES string of the molecule is COC(=O)C1=C(C2CCN(C(=O)O)CC2)NC(c2nccs2)=NC1c1cccc(F)c1Cl. The van der Waals surface area contributed by atoms with Crippen LogP contribution in [0.4, 0.5) is 9.18 Å². The molecular weight excluding hydrogens is 459 g/mol. The van der Waals surface area contributed by atoms with Crippen molar-refractivity contribution in [3.05, 3.63) is 62.5 Å². The van der Waals surface area contributed by atoms with Crippen molar-refractivity contribution in [3.63, 3.8) is 0 Å². The third kappa shape index (κ3) is 4.20. The molecule has 0 aliphatic carbocycles. The molecule has 1 aromatic heterocycles. The number of methoxy groups -OCH3 is 1. The number of aromatic nitrogens is 1. The van der Waals surface area contributed by atoms with Gasteiger partial charge in [0.1, 0.15) is 11.9 Å². The van der Waals surface area contributed by atoms with E-state index in [9.17, 15) is 19.1 Å². The van der Waals surface area contributed by atoms with E-state index >= 15 is 0 Å². The molecule has 1 amide bonds. The standard InChI is InChI=1S/C21H20ClFN4O4S/c1-31-20(28)14-16(11-5-8-27(9-6-11)21(29)30)25-18(19-24-7-10-32-19)26-17(14)12-3-2-4-13(23)15(12)22/h2-4,7,10-11,17H,5-6,8-9H2,1H3,(H,25,26)(H,29,30). The van der Waals surface area contributed by atoms with Crippen molar-refractivity contribution in [2.45, 2.75) is 18.9 Å². The molecule has 1 fully saturated rings. The highest BCUT2D eigenvalue weighted by atomic mass is 35.5. The number of amidine groups is 1. The second-order valence-corrected chi connectivity index (χ2v) is 8.62. The Hall–Kier alpha value is -2.98. The first kappa shape index (κ1) is 22.2. The predicted octanol–water partition coefficient (Wildman–Crippen LogP) is 3.84. The van der Waals surface area contributed by atoms with Gasteiger partial charge in [-0.05, 0) is 18.9 Å². The summed E-state index contributed by atoms with van der Waals surface area (Å²) in [5, 5.41) is 14.8. The number of allylic oxidation sites excluding steroid dienone is 1. The summed E-state index contributed by atoms with van der Waals surface area (Å²) >= 11 is 7.64. The van der Waals surface area contributed by atoms with E-state index < -0.39 is 23.9 Å². The summed E-state index contributed by atoms with van der Waals surface area (Å²) in [6.07, 6.45) is 1.67. The van der Waals surface area contributed by atoms with Gasteiger partial charge in [0.05, 0.1) is 17.7 Å². The van der Waals surface area contributed by atoms with Gasteiger partial charge in [0.15, 0.2) is 10.8 Å². The minimum atomic E-state index is -0.975. The molecule has 1 unspecified atom stereocenters. The minimum Gasteiger partial charge on any atom is -0.466 e. The number of ether oxygens (including phenoxy) is 1. The maximum atomic E-state index is 14.3. The van der Waals surface area contributed by atoms with Gasteiger partial charge in [-0.3, -0.25) is 4.99 Å². The van der Waals surface area contributed by atoms with Crippen molar-refractivity contribution in [1.82, 2.24) is 15.2 Å².